The van der Waals surface area contributed by atoms with E-state index in [4.69, 9.17) is 10.8 Å². The molecule has 0 saturated carbocycles. The van der Waals surface area contributed by atoms with Crippen molar-refractivity contribution in [1.82, 2.24) is 15.3 Å². The number of aliphatic hydroxyl groups excluding tert-OH is 1. The highest BCUT2D eigenvalue weighted by atomic mass is 16.2. The van der Waals surface area contributed by atoms with Gasteiger partial charge in [0.2, 0.25) is 0 Å². The van der Waals surface area contributed by atoms with Crippen molar-refractivity contribution < 1.29 is 5.11 Å². The van der Waals surface area contributed by atoms with Crippen molar-refractivity contribution in [3.63, 3.8) is 0 Å². The fourth-order valence-corrected chi connectivity index (χ4v) is 1.33. The zero-order valence-electron chi connectivity index (χ0n) is 8.76. The molecule has 1 heterocycles. The fourth-order valence-electron chi connectivity index (χ4n) is 1.33. The van der Waals surface area contributed by atoms with E-state index in [1.807, 2.05) is 6.07 Å². The van der Waals surface area contributed by atoms with E-state index in [1.165, 1.54) is 6.33 Å². The second kappa shape index (κ2) is 7.28. The summed E-state index contributed by atoms with van der Waals surface area (Å²) in [5.41, 5.74) is 6.56. The van der Waals surface area contributed by atoms with Crippen LogP contribution in [0.1, 0.15) is 24.6 Å². The molecule has 1 aromatic rings. The lowest BCUT2D eigenvalue weighted by Crippen LogP contribution is -2.29. The molecule has 5 heteroatoms. The normalized spacial score (nSPS) is 12.7. The average molecular weight is 210 g/mol. The van der Waals surface area contributed by atoms with Gasteiger partial charge in [0.1, 0.15) is 6.33 Å². The van der Waals surface area contributed by atoms with Crippen LogP contribution in [-0.4, -0.2) is 34.8 Å². The minimum absolute atomic E-state index is 0.0756. The highest BCUT2D eigenvalue weighted by Gasteiger charge is 2.08. The summed E-state index contributed by atoms with van der Waals surface area (Å²) in [6, 6.07) is 1.93. The predicted octanol–water partition coefficient (Wildman–Crippen LogP) is -0.162. The summed E-state index contributed by atoms with van der Waals surface area (Å²) < 4.78 is 0. The van der Waals surface area contributed by atoms with Crippen LogP contribution in [0.4, 0.5) is 0 Å². The fraction of sp³-hybridized carbons (Fsp3) is 0.600. The molecule has 0 fully saturated rings. The molecule has 5 nitrogen and oxygen atoms in total. The summed E-state index contributed by atoms with van der Waals surface area (Å²) in [6.07, 6.45) is 4.99. The summed E-state index contributed by atoms with van der Waals surface area (Å²) in [5.74, 6) is 0. The number of nitrogens with zero attached hydrogens (tertiary/aromatic N) is 2. The van der Waals surface area contributed by atoms with E-state index in [-0.39, 0.29) is 12.6 Å². The molecule has 1 aromatic heterocycles. The molecular formula is C10H18N4O. The molecule has 0 bridgehead atoms. The minimum atomic E-state index is 0.0756. The van der Waals surface area contributed by atoms with Crippen LogP contribution in [0, 0.1) is 0 Å². The predicted molar refractivity (Wildman–Crippen MR) is 58.1 cm³/mol. The molecule has 1 unspecified atom stereocenters. The van der Waals surface area contributed by atoms with Crippen LogP contribution in [0.3, 0.4) is 0 Å². The third-order valence-electron chi connectivity index (χ3n) is 2.17. The molecule has 0 amide bonds. The summed E-state index contributed by atoms with van der Waals surface area (Å²) >= 11 is 0. The van der Waals surface area contributed by atoms with E-state index in [2.05, 4.69) is 15.3 Å². The Balaban J connectivity index is 2.36. The lowest BCUT2D eigenvalue weighted by molar-refractivity contribution is 0.282. The Labute approximate surface area is 89.7 Å². The molecule has 0 saturated heterocycles. The summed E-state index contributed by atoms with van der Waals surface area (Å²) in [7, 11) is 0. The number of unbranched alkanes of at least 4 members (excludes halogenated alkanes) is 1. The lowest BCUT2D eigenvalue weighted by Gasteiger charge is -2.15. The third-order valence-corrected chi connectivity index (χ3v) is 2.17. The van der Waals surface area contributed by atoms with Crippen LogP contribution in [-0.2, 0) is 0 Å². The number of hydrogen-bond donors (Lipinski definition) is 3. The van der Waals surface area contributed by atoms with E-state index < -0.39 is 0 Å². The van der Waals surface area contributed by atoms with Crippen molar-refractivity contribution in [2.24, 2.45) is 5.73 Å². The maximum atomic E-state index is 8.63. The molecule has 0 spiro atoms. The number of aromatic nitrogens is 2. The second-order valence-electron chi connectivity index (χ2n) is 3.31. The maximum Gasteiger partial charge on any atom is 0.115 e. The van der Waals surface area contributed by atoms with Crippen LogP contribution in [0.5, 0.6) is 0 Å². The zero-order chi connectivity index (χ0) is 10.9. The molecular weight excluding hydrogens is 192 g/mol. The molecule has 1 rings (SSSR count). The van der Waals surface area contributed by atoms with Gasteiger partial charge in [-0.2, -0.15) is 0 Å². The smallest absolute Gasteiger partial charge is 0.115 e. The minimum Gasteiger partial charge on any atom is -0.396 e. The lowest BCUT2D eigenvalue weighted by atomic mass is 10.2. The second-order valence-corrected chi connectivity index (χ2v) is 3.31. The van der Waals surface area contributed by atoms with E-state index in [1.54, 1.807) is 6.20 Å². The van der Waals surface area contributed by atoms with Crippen molar-refractivity contribution in [2.75, 3.05) is 19.7 Å². The third kappa shape index (κ3) is 4.33. The van der Waals surface area contributed by atoms with Crippen molar-refractivity contribution in [3.05, 3.63) is 24.3 Å². The van der Waals surface area contributed by atoms with Crippen LogP contribution in [0.2, 0.25) is 0 Å². The summed E-state index contributed by atoms with van der Waals surface area (Å²) in [4.78, 5) is 8.00. The van der Waals surface area contributed by atoms with Crippen LogP contribution >= 0.6 is 0 Å². The number of hydrogen-bond acceptors (Lipinski definition) is 5. The first-order chi connectivity index (χ1) is 7.38. The Morgan fingerprint density at radius 1 is 1.47 bits per heavy atom. The van der Waals surface area contributed by atoms with Gasteiger partial charge in [-0.3, -0.25) is 0 Å². The van der Waals surface area contributed by atoms with Gasteiger partial charge in [0, 0.05) is 19.3 Å². The highest BCUT2D eigenvalue weighted by Crippen LogP contribution is 2.06. The zero-order valence-corrected chi connectivity index (χ0v) is 8.76. The van der Waals surface area contributed by atoms with Gasteiger partial charge < -0.3 is 16.2 Å². The number of nitrogens with two attached hydrogens (primary N) is 1. The van der Waals surface area contributed by atoms with Crippen molar-refractivity contribution in [2.45, 2.75) is 18.9 Å². The molecule has 0 radical (unpaired) electrons. The van der Waals surface area contributed by atoms with Crippen molar-refractivity contribution >= 4 is 0 Å². The Morgan fingerprint density at radius 3 is 2.93 bits per heavy atom. The largest absolute Gasteiger partial charge is 0.396 e. The molecule has 0 aliphatic rings. The number of rotatable bonds is 7. The van der Waals surface area contributed by atoms with E-state index >= 15 is 0 Å². The average Bonchev–Trinajstić information content (AvgIpc) is 2.30. The summed E-state index contributed by atoms with van der Waals surface area (Å²) in [6.45, 7) is 1.59. The first-order valence-electron chi connectivity index (χ1n) is 5.18. The first kappa shape index (κ1) is 12.0. The number of aliphatic hydroxyl groups is 1. The Morgan fingerprint density at radius 2 is 2.33 bits per heavy atom. The van der Waals surface area contributed by atoms with Gasteiger partial charge in [-0.25, -0.2) is 9.97 Å². The SMILES string of the molecule is NCC(NCCCCO)c1ccncn1. The quantitative estimate of drug-likeness (QED) is 0.545. The Bertz CT molecular complexity index is 255. The van der Waals surface area contributed by atoms with Gasteiger partial charge >= 0.3 is 0 Å². The highest BCUT2D eigenvalue weighted by molar-refractivity contribution is 5.04. The van der Waals surface area contributed by atoms with E-state index in [9.17, 15) is 0 Å². The van der Waals surface area contributed by atoms with Gasteiger partial charge in [0.05, 0.1) is 11.7 Å². The van der Waals surface area contributed by atoms with E-state index in [0.717, 1.165) is 25.1 Å². The van der Waals surface area contributed by atoms with Gasteiger partial charge in [0.25, 0.3) is 0 Å². The van der Waals surface area contributed by atoms with Gasteiger partial charge in [-0.05, 0) is 25.5 Å². The maximum absolute atomic E-state index is 8.63. The Hall–Kier alpha value is -1.04. The van der Waals surface area contributed by atoms with Crippen LogP contribution in [0.25, 0.3) is 0 Å². The van der Waals surface area contributed by atoms with Crippen molar-refractivity contribution in [1.29, 1.82) is 0 Å². The molecule has 0 aromatic carbocycles. The van der Waals surface area contributed by atoms with E-state index in [0.29, 0.717) is 6.54 Å². The van der Waals surface area contributed by atoms with Gasteiger partial charge in [0.15, 0.2) is 0 Å². The first-order valence-corrected chi connectivity index (χ1v) is 5.18. The molecule has 15 heavy (non-hydrogen) atoms. The van der Waals surface area contributed by atoms with Gasteiger partial charge in [-0.15, -0.1) is 0 Å². The van der Waals surface area contributed by atoms with Gasteiger partial charge in [-0.1, -0.05) is 0 Å². The molecule has 84 valence electrons. The molecule has 0 aliphatic carbocycles. The monoisotopic (exact) mass is 210 g/mol. The molecule has 0 aliphatic heterocycles. The topological polar surface area (TPSA) is 84.1 Å². The summed E-state index contributed by atoms with van der Waals surface area (Å²) in [5, 5.41) is 11.9. The van der Waals surface area contributed by atoms with Crippen LogP contribution < -0.4 is 11.1 Å². The van der Waals surface area contributed by atoms with Crippen LogP contribution in [0.15, 0.2) is 18.6 Å². The molecule has 1 atom stereocenters. The molecule has 4 N–H and O–H groups in total. The Kier molecular flexibility index (Phi) is 5.84. The number of nitrogens with one attached hydrogen (secondary N) is 1. The standard InChI is InChI=1S/C10H18N4O/c11-7-10(13-4-1-2-6-15)9-3-5-12-8-14-9/h3,5,8,10,13,15H,1-2,4,6-7,11H2. The van der Waals surface area contributed by atoms with Crippen molar-refractivity contribution in [3.8, 4) is 0 Å².